The van der Waals surface area contributed by atoms with Gasteiger partial charge in [-0.2, -0.15) is 0 Å². The minimum absolute atomic E-state index is 0.0120. The van der Waals surface area contributed by atoms with Crippen molar-refractivity contribution in [3.63, 3.8) is 0 Å². The normalized spacial score (nSPS) is 17.7. The zero-order valence-electron chi connectivity index (χ0n) is 13.5. The van der Waals surface area contributed by atoms with E-state index in [-0.39, 0.29) is 12.0 Å². The van der Waals surface area contributed by atoms with Gasteiger partial charge < -0.3 is 19.4 Å². The van der Waals surface area contributed by atoms with Gasteiger partial charge in [0.05, 0.1) is 17.6 Å². The van der Waals surface area contributed by atoms with E-state index in [1.54, 1.807) is 7.11 Å². The molecular formula is C17H23N3O3. The van der Waals surface area contributed by atoms with Crippen LogP contribution < -0.4 is 5.32 Å². The topological polar surface area (TPSA) is 65.4 Å². The lowest BCUT2D eigenvalue weighted by Gasteiger charge is -2.11. The van der Waals surface area contributed by atoms with E-state index in [0.717, 1.165) is 36.2 Å². The summed E-state index contributed by atoms with van der Waals surface area (Å²) >= 11 is 0. The van der Waals surface area contributed by atoms with E-state index in [9.17, 15) is 4.79 Å². The van der Waals surface area contributed by atoms with Crippen molar-refractivity contribution in [2.45, 2.75) is 31.9 Å². The number of imidazole rings is 1. The molecule has 1 N–H and O–H groups in total. The second kappa shape index (κ2) is 7.57. The number of carbonyl (C=O) groups excluding carboxylic acids is 1. The molecular weight excluding hydrogens is 294 g/mol. The zero-order valence-corrected chi connectivity index (χ0v) is 13.5. The predicted octanol–water partition coefficient (Wildman–Crippen LogP) is 1.52. The van der Waals surface area contributed by atoms with Gasteiger partial charge in [-0.25, -0.2) is 4.98 Å². The van der Waals surface area contributed by atoms with Crippen LogP contribution >= 0.6 is 0 Å². The highest BCUT2D eigenvalue weighted by atomic mass is 16.5. The molecule has 1 aromatic heterocycles. The van der Waals surface area contributed by atoms with Crippen molar-refractivity contribution in [1.82, 2.24) is 14.9 Å². The van der Waals surface area contributed by atoms with Gasteiger partial charge in [0.1, 0.15) is 11.9 Å². The van der Waals surface area contributed by atoms with Gasteiger partial charge in [0.2, 0.25) is 5.91 Å². The molecule has 1 fully saturated rings. The number of para-hydroxylation sites is 2. The summed E-state index contributed by atoms with van der Waals surface area (Å²) in [5.74, 6) is 0.956. The van der Waals surface area contributed by atoms with Crippen LogP contribution in [-0.2, 0) is 27.2 Å². The largest absolute Gasteiger partial charge is 0.383 e. The van der Waals surface area contributed by atoms with Gasteiger partial charge >= 0.3 is 0 Å². The Morgan fingerprint density at radius 3 is 3.13 bits per heavy atom. The smallest absolute Gasteiger partial charge is 0.249 e. The second-order valence-electron chi connectivity index (χ2n) is 5.70. The lowest BCUT2D eigenvalue weighted by Crippen LogP contribution is -2.35. The van der Waals surface area contributed by atoms with E-state index in [1.807, 2.05) is 18.2 Å². The van der Waals surface area contributed by atoms with Crippen molar-refractivity contribution in [1.29, 1.82) is 0 Å². The second-order valence-corrected chi connectivity index (χ2v) is 5.70. The molecule has 124 valence electrons. The van der Waals surface area contributed by atoms with Crippen LogP contribution in [0.2, 0.25) is 0 Å². The number of fused-ring (bicyclic) bond motifs is 1. The molecule has 6 nitrogen and oxygen atoms in total. The summed E-state index contributed by atoms with van der Waals surface area (Å²) in [5.41, 5.74) is 2.08. The molecule has 1 aliphatic heterocycles. The van der Waals surface area contributed by atoms with Crippen molar-refractivity contribution in [2.24, 2.45) is 0 Å². The number of methoxy groups -OCH3 is 1. The Kier molecular flexibility index (Phi) is 5.25. The van der Waals surface area contributed by atoms with E-state index < -0.39 is 0 Å². The number of nitrogens with zero attached hydrogens (tertiary/aromatic N) is 2. The number of benzene rings is 1. The molecule has 1 aliphatic rings. The molecule has 23 heavy (non-hydrogen) atoms. The fourth-order valence-corrected chi connectivity index (χ4v) is 2.94. The van der Waals surface area contributed by atoms with Crippen LogP contribution in [0.15, 0.2) is 24.3 Å². The zero-order chi connectivity index (χ0) is 16.1. The van der Waals surface area contributed by atoms with Crippen molar-refractivity contribution < 1.29 is 14.3 Å². The van der Waals surface area contributed by atoms with Crippen LogP contribution in [-0.4, -0.2) is 48.4 Å². The van der Waals surface area contributed by atoms with Crippen LogP contribution in [0.3, 0.4) is 0 Å². The Hall–Kier alpha value is -1.92. The summed E-state index contributed by atoms with van der Waals surface area (Å²) in [6, 6.07) is 8.06. The number of hydrogen-bond acceptors (Lipinski definition) is 4. The van der Waals surface area contributed by atoms with E-state index in [1.165, 1.54) is 0 Å². The average Bonchev–Trinajstić information content (AvgIpc) is 3.21. The molecule has 3 rings (SSSR count). The van der Waals surface area contributed by atoms with Crippen LogP contribution in [0, 0.1) is 0 Å². The monoisotopic (exact) mass is 317 g/mol. The Bertz CT molecular complexity index is 662. The number of nitrogens with one attached hydrogen (secondary N) is 1. The third-order valence-electron chi connectivity index (χ3n) is 4.12. The van der Waals surface area contributed by atoms with Crippen LogP contribution in [0.5, 0.6) is 0 Å². The molecule has 2 heterocycles. The van der Waals surface area contributed by atoms with Crippen molar-refractivity contribution in [3.8, 4) is 0 Å². The van der Waals surface area contributed by atoms with Gasteiger partial charge in [0.25, 0.3) is 0 Å². The van der Waals surface area contributed by atoms with Crippen molar-refractivity contribution >= 4 is 16.9 Å². The first-order chi connectivity index (χ1) is 11.3. The fraction of sp³-hybridized carbons (Fsp3) is 0.529. The van der Waals surface area contributed by atoms with Crippen molar-refractivity contribution in [2.75, 3.05) is 26.9 Å². The summed E-state index contributed by atoms with van der Waals surface area (Å²) in [5, 5.41) is 2.95. The molecule has 1 saturated heterocycles. The van der Waals surface area contributed by atoms with Gasteiger partial charge in [-0.15, -0.1) is 0 Å². The van der Waals surface area contributed by atoms with Gasteiger partial charge in [-0.1, -0.05) is 12.1 Å². The van der Waals surface area contributed by atoms with Gasteiger partial charge in [-0.3, -0.25) is 4.79 Å². The lowest BCUT2D eigenvalue weighted by atomic mass is 10.2. The molecule has 0 spiro atoms. The van der Waals surface area contributed by atoms with Gasteiger partial charge in [0.15, 0.2) is 0 Å². The van der Waals surface area contributed by atoms with Crippen LogP contribution in [0.1, 0.15) is 18.7 Å². The van der Waals surface area contributed by atoms with E-state index in [0.29, 0.717) is 26.2 Å². The Morgan fingerprint density at radius 2 is 2.35 bits per heavy atom. The number of ether oxygens (including phenoxy) is 2. The van der Waals surface area contributed by atoms with E-state index in [2.05, 4.69) is 20.9 Å². The number of aromatic nitrogens is 2. The Labute approximate surface area is 135 Å². The molecule has 0 aliphatic carbocycles. The fourth-order valence-electron chi connectivity index (χ4n) is 2.94. The molecule has 0 radical (unpaired) electrons. The maximum atomic E-state index is 12.0. The predicted molar refractivity (Wildman–Crippen MR) is 87.3 cm³/mol. The first kappa shape index (κ1) is 16.0. The van der Waals surface area contributed by atoms with E-state index in [4.69, 9.17) is 9.47 Å². The molecule has 2 aromatic rings. The number of rotatable bonds is 7. The summed E-state index contributed by atoms with van der Waals surface area (Å²) in [6.07, 6.45) is 2.20. The minimum Gasteiger partial charge on any atom is -0.383 e. The number of hydrogen-bond donors (Lipinski definition) is 1. The summed E-state index contributed by atoms with van der Waals surface area (Å²) in [6.45, 7) is 2.64. The van der Waals surface area contributed by atoms with Crippen LogP contribution in [0.25, 0.3) is 11.0 Å². The maximum Gasteiger partial charge on any atom is 0.249 e. The molecule has 1 atom stereocenters. The lowest BCUT2D eigenvalue weighted by molar-refractivity contribution is -0.130. The highest BCUT2D eigenvalue weighted by molar-refractivity contribution is 5.81. The van der Waals surface area contributed by atoms with Crippen LogP contribution in [0.4, 0.5) is 0 Å². The number of carbonyl (C=O) groups is 1. The minimum atomic E-state index is -0.276. The molecule has 1 amide bonds. The summed E-state index contributed by atoms with van der Waals surface area (Å²) < 4.78 is 12.8. The maximum absolute atomic E-state index is 12.0. The molecule has 1 aromatic carbocycles. The highest BCUT2D eigenvalue weighted by Gasteiger charge is 2.23. The Morgan fingerprint density at radius 1 is 1.48 bits per heavy atom. The van der Waals surface area contributed by atoms with Crippen molar-refractivity contribution in [3.05, 3.63) is 30.1 Å². The summed E-state index contributed by atoms with van der Waals surface area (Å²) in [4.78, 5) is 16.7. The van der Waals surface area contributed by atoms with Gasteiger partial charge in [-0.05, 0) is 25.0 Å². The third-order valence-corrected chi connectivity index (χ3v) is 4.12. The summed E-state index contributed by atoms with van der Waals surface area (Å²) in [7, 11) is 1.70. The van der Waals surface area contributed by atoms with Gasteiger partial charge in [0, 0.05) is 33.2 Å². The third kappa shape index (κ3) is 3.71. The van der Waals surface area contributed by atoms with E-state index >= 15 is 0 Å². The molecule has 0 saturated carbocycles. The Balaban J connectivity index is 1.65. The molecule has 6 heteroatoms. The first-order valence-electron chi connectivity index (χ1n) is 8.12. The SMILES string of the molecule is COCCn1c(CCNC(=O)C2CCCO2)nc2ccccc21. The first-order valence-corrected chi connectivity index (χ1v) is 8.12. The molecule has 1 unspecified atom stereocenters. The number of amides is 1. The standard InChI is InChI=1S/C17H23N3O3/c1-22-12-10-20-14-6-3-2-5-13(14)19-16(20)8-9-18-17(21)15-7-4-11-23-15/h2-3,5-6,15H,4,7-12H2,1H3,(H,18,21). The quantitative estimate of drug-likeness (QED) is 0.841. The molecule has 0 bridgehead atoms. The average molecular weight is 317 g/mol. The highest BCUT2D eigenvalue weighted by Crippen LogP contribution is 2.16.